The van der Waals surface area contributed by atoms with Crippen LogP contribution in [0.5, 0.6) is 0 Å². The Morgan fingerprint density at radius 1 is 1.05 bits per heavy atom. The highest BCUT2D eigenvalue weighted by atomic mass is 32.2. The van der Waals surface area contributed by atoms with E-state index in [0.29, 0.717) is 12.0 Å². The Kier molecular flexibility index (Phi) is 7.26. The maximum absolute atomic E-state index is 12.5. The van der Waals surface area contributed by atoms with E-state index in [2.05, 4.69) is 40.9 Å². The number of aryl methyl sites for hydroxylation is 1. The first-order valence-electron chi connectivity index (χ1n) is 14.2. The molecular formula is C30H40N2O3S3. The molecule has 38 heavy (non-hydrogen) atoms. The van der Waals surface area contributed by atoms with Crippen molar-refractivity contribution in [3.05, 3.63) is 47.5 Å². The first-order chi connectivity index (χ1) is 18.2. The van der Waals surface area contributed by atoms with Gasteiger partial charge in [0.15, 0.2) is 0 Å². The Morgan fingerprint density at radius 2 is 1.79 bits per heavy atom. The number of nitrogens with zero attached hydrogens (tertiary/aromatic N) is 2. The van der Waals surface area contributed by atoms with E-state index in [0.717, 1.165) is 18.0 Å². The molecule has 1 aromatic carbocycles. The fourth-order valence-corrected chi connectivity index (χ4v) is 11.0. The van der Waals surface area contributed by atoms with Crippen molar-refractivity contribution in [3.8, 4) is 0 Å². The monoisotopic (exact) mass is 572 g/mol. The molecule has 2 spiro atoms. The summed E-state index contributed by atoms with van der Waals surface area (Å²) >= 11 is 3.84. The third-order valence-corrected chi connectivity index (χ3v) is 13.3. The van der Waals surface area contributed by atoms with Crippen molar-refractivity contribution in [1.82, 2.24) is 8.61 Å². The van der Waals surface area contributed by atoms with Gasteiger partial charge in [0.1, 0.15) is 0 Å². The van der Waals surface area contributed by atoms with Gasteiger partial charge >= 0.3 is 0 Å². The van der Waals surface area contributed by atoms with Gasteiger partial charge in [-0.25, -0.2) is 12.7 Å². The molecule has 4 fully saturated rings. The number of hydrogen-bond acceptors (Lipinski definition) is 6. The molecule has 0 amide bonds. The highest BCUT2D eigenvalue weighted by Gasteiger charge is 2.50. The fraction of sp³-hybridized carbons (Fsp3) is 0.600. The highest BCUT2D eigenvalue weighted by Crippen LogP contribution is 2.53. The number of fused-ring (bicyclic) bond motifs is 1. The second kappa shape index (κ2) is 10.3. The molecule has 0 bridgehead atoms. The average molecular weight is 573 g/mol. The van der Waals surface area contributed by atoms with Gasteiger partial charge in [-0.3, -0.25) is 0 Å². The van der Waals surface area contributed by atoms with E-state index in [1.54, 1.807) is 10.4 Å². The molecule has 0 N–H and O–H groups in total. The summed E-state index contributed by atoms with van der Waals surface area (Å²) in [6.45, 7) is 8.15. The molecule has 5 nitrogen and oxygen atoms in total. The minimum atomic E-state index is -3.45. The predicted octanol–water partition coefficient (Wildman–Crippen LogP) is 8.10. The Labute approximate surface area is 236 Å². The van der Waals surface area contributed by atoms with Crippen molar-refractivity contribution in [2.45, 2.75) is 101 Å². The second-order valence-electron chi connectivity index (χ2n) is 12.3. The van der Waals surface area contributed by atoms with Crippen LogP contribution in [0, 0.1) is 17.8 Å². The molecule has 3 aromatic rings. The predicted molar refractivity (Wildman–Crippen MR) is 157 cm³/mol. The molecule has 2 saturated heterocycles. The van der Waals surface area contributed by atoms with Crippen LogP contribution in [0.1, 0.15) is 77.2 Å². The van der Waals surface area contributed by atoms with Crippen LogP contribution in [-0.4, -0.2) is 42.2 Å². The molecule has 2 aliphatic carbocycles. The van der Waals surface area contributed by atoms with Crippen LogP contribution in [0.25, 0.3) is 10.1 Å². The number of rotatable bonds is 5. The Hall–Kier alpha value is -1.32. The molecule has 206 valence electrons. The van der Waals surface area contributed by atoms with Crippen LogP contribution in [0.3, 0.4) is 0 Å². The summed E-state index contributed by atoms with van der Waals surface area (Å²) in [4.78, 5) is 1.41. The first-order valence-corrected chi connectivity index (χ1v) is 17.3. The molecule has 2 aliphatic heterocycles. The van der Waals surface area contributed by atoms with Crippen LogP contribution in [-0.2, 0) is 10.0 Å². The second-order valence-corrected chi connectivity index (χ2v) is 16.2. The minimum Gasteiger partial charge on any atom is -0.451 e. The Bertz CT molecular complexity index is 1390. The van der Waals surface area contributed by atoms with Crippen LogP contribution in [0.2, 0.25) is 0 Å². The van der Waals surface area contributed by atoms with Gasteiger partial charge in [0, 0.05) is 40.8 Å². The quantitative estimate of drug-likeness (QED) is 0.289. The summed E-state index contributed by atoms with van der Waals surface area (Å²) in [7, 11) is -3.45. The van der Waals surface area contributed by atoms with E-state index < -0.39 is 10.0 Å². The van der Waals surface area contributed by atoms with E-state index in [1.165, 1.54) is 79.2 Å². The molecule has 8 heteroatoms. The molecule has 2 atom stereocenters. The third-order valence-electron chi connectivity index (χ3n) is 9.50. The van der Waals surface area contributed by atoms with Gasteiger partial charge in [-0.05, 0) is 116 Å². The molecule has 2 aromatic heterocycles. The lowest BCUT2D eigenvalue weighted by molar-refractivity contribution is 0.152. The van der Waals surface area contributed by atoms with E-state index in [-0.39, 0.29) is 16.5 Å². The smallest absolute Gasteiger partial charge is 0.276 e. The van der Waals surface area contributed by atoms with Crippen LogP contribution in [0.4, 0.5) is 0 Å². The molecule has 7 rings (SSSR count). The topological polar surface area (TPSA) is 53.8 Å². The fourth-order valence-electron chi connectivity index (χ4n) is 7.04. The number of furan rings is 1. The molecule has 4 aliphatic rings. The van der Waals surface area contributed by atoms with Gasteiger partial charge in [0.2, 0.25) is 5.09 Å². The Morgan fingerprint density at radius 3 is 2.39 bits per heavy atom. The summed E-state index contributed by atoms with van der Waals surface area (Å²) in [5, 5.41) is 3.65. The normalized spacial score (nSPS) is 26.4. The lowest BCUT2D eigenvalue weighted by Gasteiger charge is -2.38. The van der Waals surface area contributed by atoms with Crippen molar-refractivity contribution in [2.75, 3.05) is 13.1 Å². The Balaban J connectivity index is 0.000000140. The van der Waals surface area contributed by atoms with Crippen molar-refractivity contribution < 1.29 is 12.8 Å². The van der Waals surface area contributed by atoms with Crippen LogP contribution < -0.4 is 0 Å². The summed E-state index contributed by atoms with van der Waals surface area (Å²) in [5.74, 6) is 0. The maximum atomic E-state index is 12.5. The zero-order valence-electron chi connectivity index (χ0n) is 22.8. The highest BCUT2D eigenvalue weighted by molar-refractivity contribution is 7.97. The van der Waals surface area contributed by atoms with Crippen molar-refractivity contribution in [2.24, 2.45) is 10.8 Å². The van der Waals surface area contributed by atoms with Gasteiger partial charge in [0.05, 0.1) is 6.26 Å². The number of thiophene rings is 1. The summed E-state index contributed by atoms with van der Waals surface area (Å²) in [6.07, 6.45) is 13.2. The lowest BCUT2D eigenvalue weighted by Crippen LogP contribution is -2.37. The molecular weight excluding hydrogens is 533 g/mol. The first kappa shape index (κ1) is 26.9. The van der Waals surface area contributed by atoms with E-state index in [9.17, 15) is 8.42 Å². The van der Waals surface area contributed by atoms with Gasteiger partial charge in [-0.1, -0.05) is 25.8 Å². The van der Waals surface area contributed by atoms with Crippen molar-refractivity contribution >= 4 is 43.4 Å². The van der Waals surface area contributed by atoms with Crippen molar-refractivity contribution in [1.29, 1.82) is 0 Å². The molecule has 4 heterocycles. The SMILES string of the molecule is CCC1CC2(CCC2)CN1Sc1ccc2ccsc2c1.Cc1coc(S(=O)(=O)N2CC3(CCC3)CC2C)c1. The largest absolute Gasteiger partial charge is 0.451 e. The molecule has 2 saturated carbocycles. The minimum absolute atomic E-state index is 0.0840. The number of sulfonamides is 1. The van der Waals surface area contributed by atoms with Crippen molar-refractivity contribution in [3.63, 3.8) is 0 Å². The molecule has 0 radical (unpaired) electrons. The summed E-state index contributed by atoms with van der Waals surface area (Å²) < 4.78 is 35.9. The van der Waals surface area contributed by atoms with E-state index in [1.807, 2.05) is 37.1 Å². The average Bonchev–Trinajstić information content (AvgIpc) is 3.63. The lowest BCUT2D eigenvalue weighted by atomic mass is 9.67. The summed E-state index contributed by atoms with van der Waals surface area (Å²) in [6, 6.07) is 11.6. The van der Waals surface area contributed by atoms with Gasteiger partial charge in [-0.2, -0.15) is 4.31 Å². The third kappa shape index (κ3) is 5.00. The van der Waals surface area contributed by atoms with Crippen LogP contribution >= 0.6 is 23.3 Å². The zero-order chi connectivity index (χ0) is 26.5. The van der Waals surface area contributed by atoms with E-state index >= 15 is 0 Å². The zero-order valence-corrected chi connectivity index (χ0v) is 25.3. The maximum Gasteiger partial charge on any atom is 0.276 e. The summed E-state index contributed by atoms with van der Waals surface area (Å²) in [5.41, 5.74) is 1.79. The standard InChI is InChI=1S/C17H21NS2.C13H19NO3S/c1-2-14-11-17(7-3-8-17)12-18(14)20-15-5-4-13-6-9-19-16(13)10-15;1-10-6-12(17-8-10)18(15,16)14-9-13(4-3-5-13)7-11(14)2/h4-6,9-10,14H,2-3,7-8,11-12H2,1H3;6,8,11H,3-5,7,9H2,1-2H3. The van der Waals surface area contributed by atoms with Gasteiger partial charge in [0.25, 0.3) is 10.0 Å². The van der Waals surface area contributed by atoms with Crippen LogP contribution in [0.15, 0.2) is 56.4 Å². The number of benzene rings is 1. The van der Waals surface area contributed by atoms with Gasteiger partial charge in [-0.15, -0.1) is 11.3 Å². The van der Waals surface area contributed by atoms with Gasteiger partial charge < -0.3 is 4.42 Å². The van der Waals surface area contributed by atoms with E-state index in [4.69, 9.17) is 4.42 Å². The number of hydrogen-bond donors (Lipinski definition) is 0. The molecule has 2 unspecified atom stereocenters.